The van der Waals surface area contributed by atoms with Gasteiger partial charge in [0.2, 0.25) is 15.9 Å². The van der Waals surface area contributed by atoms with E-state index in [1.54, 1.807) is 55.1 Å². The molecule has 3 aromatic rings. The smallest absolute Gasteiger partial charge is 0.408 e. The summed E-state index contributed by atoms with van der Waals surface area (Å²) in [5.74, 6) is -1.15. The standard InChI is InChI=1S/C23H26N4O6S/c1-3-27-19-10-9-18(15-20(19)33-23(27)30)34(31,32)26-13-11-25(12-14-26)22(29)16(2)24-21(28)17-7-5-4-6-8-17/h4-10,15-16H,3,11-14H2,1-2H3,(H,24,28). The molecule has 1 unspecified atom stereocenters. The second-order valence-corrected chi connectivity index (χ2v) is 9.97. The first-order valence-corrected chi connectivity index (χ1v) is 12.4. The summed E-state index contributed by atoms with van der Waals surface area (Å²) in [6.07, 6.45) is 0. The molecule has 1 aliphatic rings. The summed E-state index contributed by atoms with van der Waals surface area (Å²) >= 11 is 0. The molecule has 1 saturated heterocycles. The zero-order chi connectivity index (χ0) is 24.5. The lowest BCUT2D eigenvalue weighted by Crippen LogP contribution is -2.55. The fourth-order valence-electron chi connectivity index (χ4n) is 4.01. The average molecular weight is 487 g/mol. The van der Waals surface area contributed by atoms with Gasteiger partial charge in [-0.2, -0.15) is 4.31 Å². The molecule has 10 nitrogen and oxygen atoms in total. The Labute approximate surface area is 196 Å². The quantitative estimate of drug-likeness (QED) is 0.560. The average Bonchev–Trinajstić information content (AvgIpc) is 3.18. The van der Waals surface area contributed by atoms with Gasteiger partial charge >= 0.3 is 5.76 Å². The third-order valence-corrected chi connectivity index (χ3v) is 7.79. The summed E-state index contributed by atoms with van der Waals surface area (Å²) in [5, 5.41) is 2.69. The van der Waals surface area contributed by atoms with Crippen molar-refractivity contribution < 1.29 is 22.4 Å². The van der Waals surface area contributed by atoms with Gasteiger partial charge in [0.25, 0.3) is 5.91 Å². The molecule has 1 aliphatic heterocycles. The molecule has 34 heavy (non-hydrogen) atoms. The van der Waals surface area contributed by atoms with Crippen molar-refractivity contribution >= 4 is 32.9 Å². The SMILES string of the molecule is CCn1c(=O)oc2cc(S(=O)(=O)N3CCN(C(=O)C(C)NC(=O)c4ccccc4)CC3)ccc21. The zero-order valence-corrected chi connectivity index (χ0v) is 19.7. The topological polar surface area (TPSA) is 122 Å². The van der Waals surface area contributed by atoms with Crippen LogP contribution < -0.4 is 11.1 Å². The van der Waals surface area contributed by atoms with Crippen LogP contribution in [0.2, 0.25) is 0 Å². The van der Waals surface area contributed by atoms with Crippen LogP contribution in [0.1, 0.15) is 24.2 Å². The van der Waals surface area contributed by atoms with Crippen molar-refractivity contribution in [2.75, 3.05) is 26.2 Å². The number of benzene rings is 2. The summed E-state index contributed by atoms with van der Waals surface area (Å²) < 4.78 is 34.2. The summed E-state index contributed by atoms with van der Waals surface area (Å²) in [6.45, 7) is 4.46. The van der Waals surface area contributed by atoms with E-state index in [0.29, 0.717) is 17.6 Å². The number of carbonyl (C=O) groups is 2. The van der Waals surface area contributed by atoms with Gasteiger partial charge in [-0.1, -0.05) is 18.2 Å². The molecule has 11 heteroatoms. The highest BCUT2D eigenvalue weighted by Gasteiger charge is 2.32. The van der Waals surface area contributed by atoms with Gasteiger partial charge in [0.15, 0.2) is 5.58 Å². The third kappa shape index (κ3) is 4.48. The van der Waals surface area contributed by atoms with Crippen molar-refractivity contribution in [2.45, 2.75) is 31.3 Å². The van der Waals surface area contributed by atoms with Crippen LogP contribution in [0.4, 0.5) is 0 Å². The zero-order valence-electron chi connectivity index (χ0n) is 18.9. The van der Waals surface area contributed by atoms with E-state index < -0.39 is 21.8 Å². The van der Waals surface area contributed by atoms with Crippen molar-refractivity contribution in [2.24, 2.45) is 0 Å². The molecule has 2 amide bonds. The predicted molar refractivity (Wildman–Crippen MR) is 125 cm³/mol. The van der Waals surface area contributed by atoms with E-state index in [-0.39, 0.29) is 48.5 Å². The molecule has 0 saturated carbocycles. The van der Waals surface area contributed by atoms with E-state index >= 15 is 0 Å². The fourth-order valence-corrected chi connectivity index (χ4v) is 5.45. The number of aryl methyl sites for hydroxylation is 1. The lowest BCUT2D eigenvalue weighted by Gasteiger charge is -2.35. The van der Waals surface area contributed by atoms with Gasteiger partial charge in [-0.3, -0.25) is 14.2 Å². The molecule has 2 heterocycles. The maximum Gasteiger partial charge on any atom is 0.419 e. The highest BCUT2D eigenvalue weighted by atomic mass is 32.2. The Bertz CT molecular complexity index is 1370. The van der Waals surface area contributed by atoms with Crippen LogP contribution >= 0.6 is 0 Å². The summed E-state index contributed by atoms with van der Waals surface area (Å²) in [7, 11) is -3.83. The van der Waals surface area contributed by atoms with Gasteiger partial charge in [-0.05, 0) is 38.1 Å². The summed E-state index contributed by atoms with van der Waals surface area (Å²) in [4.78, 5) is 38.6. The Hall–Kier alpha value is -3.44. The maximum atomic E-state index is 13.1. The van der Waals surface area contributed by atoms with Crippen LogP contribution in [0.15, 0.2) is 62.6 Å². The summed E-state index contributed by atoms with van der Waals surface area (Å²) in [6, 6.07) is 12.2. The number of aromatic nitrogens is 1. The molecule has 1 atom stereocenters. The molecular formula is C23H26N4O6S. The van der Waals surface area contributed by atoms with Gasteiger partial charge in [0, 0.05) is 44.4 Å². The van der Waals surface area contributed by atoms with Crippen LogP contribution in [0.25, 0.3) is 11.1 Å². The van der Waals surface area contributed by atoms with Gasteiger partial charge in [0.05, 0.1) is 10.4 Å². The molecule has 180 valence electrons. The fraction of sp³-hybridized carbons (Fsp3) is 0.348. The summed E-state index contributed by atoms with van der Waals surface area (Å²) in [5.41, 5.74) is 1.21. The Morgan fingerprint density at radius 1 is 1.06 bits per heavy atom. The number of nitrogens with zero attached hydrogens (tertiary/aromatic N) is 3. The Kier molecular flexibility index (Phi) is 6.58. The van der Waals surface area contributed by atoms with Crippen LogP contribution in [-0.4, -0.2) is 66.2 Å². The first-order chi connectivity index (χ1) is 16.2. The van der Waals surface area contributed by atoms with Crippen molar-refractivity contribution in [3.8, 4) is 0 Å². The van der Waals surface area contributed by atoms with Crippen molar-refractivity contribution in [1.29, 1.82) is 0 Å². The van der Waals surface area contributed by atoms with Crippen LogP contribution in [0.3, 0.4) is 0 Å². The molecule has 0 spiro atoms. The van der Waals surface area contributed by atoms with E-state index in [0.717, 1.165) is 0 Å². The van der Waals surface area contributed by atoms with Gasteiger partial charge < -0.3 is 14.6 Å². The minimum Gasteiger partial charge on any atom is -0.408 e. The van der Waals surface area contributed by atoms with Gasteiger partial charge in [0.1, 0.15) is 6.04 Å². The maximum absolute atomic E-state index is 13.1. The van der Waals surface area contributed by atoms with Crippen molar-refractivity contribution in [1.82, 2.24) is 19.1 Å². The minimum atomic E-state index is -3.83. The number of nitrogens with one attached hydrogen (secondary N) is 1. The molecule has 0 bridgehead atoms. The number of amides is 2. The van der Waals surface area contributed by atoms with Crippen LogP contribution in [0, 0.1) is 0 Å². The Morgan fingerprint density at radius 2 is 1.74 bits per heavy atom. The lowest BCUT2D eigenvalue weighted by molar-refractivity contribution is -0.134. The molecule has 1 aromatic heterocycles. The molecule has 2 aromatic carbocycles. The number of sulfonamides is 1. The van der Waals surface area contributed by atoms with E-state index in [1.807, 2.05) is 0 Å². The van der Waals surface area contributed by atoms with Gasteiger partial charge in [-0.25, -0.2) is 13.2 Å². The van der Waals surface area contributed by atoms with E-state index in [4.69, 9.17) is 4.42 Å². The number of hydrogen-bond donors (Lipinski definition) is 1. The highest BCUT2D eigenvalue weighted by molar-refractivity contribution is 7.89. The largest absolute Gasteiger partial charge is 0.419 e. The van der Waals surface area contributed by atoms with Crippen molar-refractivity contribution in [3.63, 3.8) is 0 Å². The molecule has 1 fully saturated rings. The normalized spacial score (nSPS) is 15.9. The number of rotatable bonds is 6. The molecule has 0 aliphatic carbocycles. The number of hydrogen-bond acceptors (Lipinski definition) is 6. The first-order valence-electron chi connectivity index (χ1n) is 11.0. The van der Waals surface area contributed by atoms with E-state index in [2.05, 4.69) is 5.32 Å². The Balaban J connectivity index is 1.40. The second-order valence-electron chi connectivity index (χ2n) is 8.03. The first kappa shape index (κ1) is 23.7. The molecule has 0 radical (unpaired) electrons. The number of fused-ring (bicyclic) bond motifs is 1. The van der Waals surface area contributed by atoms with Crippen LogP contribution in [-0.2, 0) is 21.4 Å². The predicted octanol–water partition coefficient (Wildman–Crippen LogP) is 1.27. The third-order valence-electron chi connectivity index (χ3n) is 5.90. The monoisotopic (exact) mass is 486 g/mol. The number of carbonyl (C=O) groups excluding carboxylic acids is 2. The van der Waals surface area contributed by atoms with Gasteiger partial charge in [-0.15, -0.1) is 0 Å². The number of piperazine rings is 1. The number of oxazole rings is 1. The molecular weight excluding hydrogens is 460 g/mol. The van der Waals surface area contributed by atoms with E-state index in [9.17, 15) is 22.8 Å². The highest BCUT2D eigenvalue weighted by Crippen LogP contribution is 2.23. The van der Waals surface area contributed by atoms with Crippen molar-refractivity contribution in [3.05, 3.63) is 64.6 Å². The van der Waals surface area contributed by atoms with Crippen LogP contribution in [0.5, 0.6) is 0 Å². The Morgan fingerprint density at radius 3 is 2.38 bits per heavy atom. The molecule has 1 N–H and O–H groups in total. The molecule has 4 rings (SSSR count). The second kappa shape index (κ2) is 9.43. The lowest BCUT2D eigenvalue weighted by atomic mass is 10.2. The minimum absolute atomic E-state index is 0.0280. The van der Waals surface area contributed by atoms with E-state index in [1.165, 1.54) is 21.0 Å².